The minimum absolute atomic E-state index is 0.145. The summed E-state index contributed by atoms with van der Waals surface area (Å²) in [5.41, 5.74) is 7.31. The number of hydrogen-bond donors (Lipinski definition) is 2. The van der Waals surface area contributed by atoms with Crippen LogP contribution in [-0.2, 0) is 0 Å². The molecule has 6 heteroatoms. The molecule has 0 saturated carbocycles. The van der Waals surface area contributed by atoms with E-state index >= 15 is 0 Å². The van der Waals surface area contributed by atoms with Crippen LogP contribution in [0.15, 0.2) is 34.9 Å². The molecule has 0 aliphatic carbocycles. The average Bonchev–Trinajstić information content (AvgIpc) is 2.98. The maximum Gasteiger partial charge on any atom is 0.270 e. The highest BCUT2D eigenvalue weighted by Gasteiger charge is 2.13. The smallest absolute Gasteiger partial charge is 0.270 e. The number of oxazole rings is 1. The number of nitrogens with one attached hydrogen (secondary N) is 1. The van der Waals surface area contributed by atoms with Crippen molar-refractivity contribution < 1.29 is 9.21 Å². The van der Waals surface area contributed by atoms with Crippen molar-refractivity contribution >= 4 is 11.6 Å². The van der Waals surface area contributed by atoms with Crippen LogP contribution in [0.5, 0.6) is 0 Å². The van der Waals surface area contributed by atoms with Crippen molar-refractivity contribution in [2.75, 3.05) is 31.1 Å². The zero-order valence-electron chi connectivity index (χ0n) is 11.0. The number of amides is 1. The number of hydrogen-bond acceptors (Lipinski definition) is 5. The Morgan fingerprint density at radius 2 is 1.95 bits per heavy atom. The number of piperazine rings is 1. The largest absolute Gasteiger partial charge is 0.444 e. The molecule has 2 aromatic rings. The van der Waals surface area contributed by atoms with Gasteiger partial charge in [0.25, 0.3) is 5.91 Å². The van der Waals surface area contributed by atoms with Crippen molar-refractivity contribution in [3.8, 4) is 11.5 Å². The zero-order valence-corrected chi connectivity index (χ0v) is 11.0. The molecule has 20 heavy (non-hydrogen) atoms. The van der Waals surface area contributed by atoms with Gasteiger partial charge < -0.3 is 20.4 Å². The molecule has 3 N–H and O–H groups in total. The normalized spacial score (nSPS) is 15.3. The summed E-state index contributed by atoms with van der Waals surface area (Å²) in [6, 6.07) is 7.95. The summed E-state index contributed by atoms with van der Waals surface area (Å²) in [6.45, 7) is 4.02. The van der Waals surface area contributed by atoms with Gasteiger partial charge >= 0.3 is 0 Å². The molecule has 0 spiro atoms. The van der Waals surface area contributed by atoms with Crippen LogP contribution < -0.4 is 16.0 Å². The number of carbonyl (C=O) groups is 1. The van der Waals surface area contributed by atoms with Crippen molar-refractivity contribution in [2.24, 2.45) is 5.73 Å². The van der Waals surface area contributed by atoms with E-state index < -0.39 is 5.91 Å². The molecule has 0 unspecified atom stereocenters. The first-order valence-electron chi connectivity index (χ1n) is 6.55. The third-order valence-electron chi connectivity index (χ3n) is 3.35. The number of primary amides is 1. The van der Waals surface area contributed by atoms with E-state index in [-0.39, 0.29) is 5.69 Å². The first-order chi connectivity index (χ1) is 9.74. The lowest BCUT2D eigenvalue weighted by Crippen LogP contribution is -2.43. The van der Waals surface area contributed by atoms with Gasteiger partial charge in [-0.3, -0.25) is 4.79 Å². The van der Waals surface area contributed by atoms with Crippen LogP contribution >= 0.6 is 0 Å². The van der Waals surface area contributed by atoms with Gasteiger partial charge in [-0.05, 0) is 24.3 Å². The van der Waals surface area contributed by atoms with Crippen molar-refractivity contribution in [1.82, 2.24) is 10.3 Å². The number of aromatic nitrogens is 1. The van der Waals surface area contributed by atoms with E-state index in [0.717, 1.165) is 31.7 Å². The predicted octanol–water partition coefficient (Wildman–Crippen LogP) is 0.850. The fourth-order valence-electron chi connectivity index (χ4n) is 2.26. The molecular formula is C14H16N4O2. The Morgan fingerprint density at radius 1 is 1.25 bits per heavy atom. The van der Waals surface area contributed by atoms with Crippen LogP contribution in [0.4, 0.5) is 5.69 Å². The highest BCUT2D eigenvalue weighted by Crippen LogP contribution is 2.23. The Balaban J connectivity index is 1.79. The topological polar surface area (TPSA) is 84.4 Å². The second-order valence-corrected chi connectivity index (χ2v) is 4.69. The molecule has 1 saturated heterocycles. The third-order valence-corrected chi connectivity index (χ3v) is 3.35. The van der Waals surface area contributed by atoms with Crippen LogP contribution in [-0.4, -0.2) is 37.1 Å². The Kier molecular flexibility index (Phi) is 3.39. The number of nitrogens with two attached hydrogens (primary N) is 1. The number of rotatable bonds is 3. The van der Waals surface area contributed by atoms with Crippen LogP contribution in [0, 0.1) is 0 Å². The van der Waals surface area contributed by atoms with Gasteiger partial charge in [0.2, 0.25) is 5.89 Å². The predicted molar refractivity (Wildman–Crippen MR) is 75.5 cm³/mol. The standard InChI is InChI=1S/C14H16N4O2/c15-13(19)12-9-20-14(17-12)10-1-3-11(4-2-10)18-7-5-16-6-8-18/h1-4,9,16H,5-8H2,(H2,15,19). The summed E-state index contributed by atoms with van der Waals surface area (Å²) in [5.74, 6) is -0.178. The molecular weight excluding hydrogens is 256 g/mol. The van der Waals surface area contributed by atoms with Gasteiger partial charge in [-0.25, -0.2) is 4.98 Å². The SMILES string of the molecule is NC(=O)c1coc(-c2ccc(N3CCNCC3)cc2)n1. The highest BCUT2D eigenvalue weighted by molar-refractivity contribution is 5.90. The minimum atomic E-state index is -0.586. The quantitative estimate of drug-likeness (QED) is 0.865. The molecule has 1 aliphatic rings. The van der Waals surface area contributed by atoms with E-state index in [1.807, 2.05) is 24.3 Å². The second kappa shape index (κ2) is 5.34. The number of benzene rings is 1. The van der Waals surface area contributed by atoms with E-state index in [1.165, 1.54) is 12.0 Å². The molecule has 104 valence electrons. The average molecular weight is 272 g/mol. The zero-order chi connectivity index (χ0) is 13.9. The van der Waals surface area contributed by atoms with E-state index in [2.05, 4.69) is 15.2 Å². The maximum atomic E-state index is 11.0. The van der Waals surface area contributed by atoms with Gasteiger partial charge in [0.1, 0.15) is 6.26 Å². The van der Waals surface area contributed by atoms with Crippen molar-refractivity contribution in [3.63, 3.8) is 0 Å². The van der Waals surface area contributed by atoms with Gasteiger partial charge in [-0.15, -0.1) is 0 Å². The summed E-state index contributed by atoms with van der Waals surface area (Å²) in [4.78, 5) is 17.4. The molecule has 3 rings (SSSR count). The van der Waals surface area contributed by atoms with E-state index in [9.17, 15) is 4.79 Å². The van der Waals surface area contributed by atoms with Crippen molar-refractivity contribution in [1.29, 1.82) is 0 Å². The third kappa shape index (κ3) is 2.50. The molecule has 1 aromatic heterocycles. The van der Waals surface area contributed by atoms with Gasteiger partial charge in [0, 0.05) is 37.4 Å². The Hall–Kier alpha value is -2.34. The van der Waals surface area contributed by atoms with Crippen LogP contribution in [0.2, 0.25) is 0 Å². The van der Waals surface area contributed by atoms with E-state index in [4.69, 9.17) is 10.2 Å². The van der Waals surface area contributed by atoms with Crippen molar-refractivity contribution in [3.05, 3.63) is 36.2 Å². The molecule has 0 atom stereocenters. The number of anilines is 1. The lowest BCUT2D eigenvalue weighted by atomic mass is 10.2. The summed E-state index contributed by atoms with van der Waals surface area (Å²) in [7, 11) is 0. The molecule has 1 amide bonds. The van der Waals surface area contributed by atoms with Crippen LogP contribution in [0.3, 0.4) is 0 Å². The molecule has 0 radical (unpaired) electrons. The molecule has 1 aliphatic heterocycles. The Morgan fingerprint density at radius 3 is 2.55 bits per heavy atom. The molecule has 1 aromatic carbocycles. The Labute approximate surface area is 116 Å². The summed E-state index contributed by atoms with van der Waals surface area (Å²) in [5, 5.41) is 3.32. The fraction of sp³-hybridized carbons (Fsp3) is 0.286. The minimum Gasteiger partial charge on any atom is -0.444 e. The monoisotopic (exact) mass is 272 g/mol. The molecule has 1 fully saturated rings. The first kappa shape index (κ1) is 12.7. The lowest BCUT2D eigenvalue weighted by molar-refractivity contribution is 0.0995. The van der Waals surface area contributed by atoms with Gasteiger partial charge in [-0.2, -0.15) is 0 Å². The summed E-state index contributed by atoms with van der Waals surface area (Å²) >= 11 is 0. The highest BCUT2D eigenvalue weighted by atomic mass is 16.3. The molecule has 6 nitrogen and oxygen atoms in total. The number of nitrogens with zero attached hydrogens (tertiary/aromatic N) is 2. The molecule has 2 heterocycles. The van der Waals surface area contributed by atoms with Gasteiger partial charge in [0.15, 0.2) is 5.69 Å². The summed E-state index contributed by atoms with van der Waals surface area (Å²) in [6.07, 6.45) is 1.28. The molecule has 0 bridgehead atoms. The van der Waals surface area contributed by atoms with Gasteiger partial charge in [-0.1, -0.05) is 0 Å². The lowest BCUT2D eigenvalue weighted by Gasteiger charge is -2.29. The van der Waals surface area contributed by atoms with E-state index in [0.29, 0.717) is 5.89 Å². The second-order valence-electron chi connectivity index (χ2n) is 4.69. The van der Waals surface area contributed by atoms with Crippen LogP contribution in [0.25, 0.3) is 11.5 Å². The fourth-order valence-corrected chi connectivity index (χ4v) is 2.26. The maximum absolute atomic E-state index is 11.0. The van der Waals surface area contributed by atoms with E-state index in [1.54, 1.807) is 0 Å². The van der Waals surface area contributed by atoms with Crippen LogP contribution in [0.1, 0.15) is 10.5 Å². The summed E-state index contributed by atoms with van der Waals surface area (Å²) < 4.78 is 5.26. The van der Waals surface area contributed by atoms with Crippen molar-refractivity contribution in [2.45, 2.75) is 0 Å². The number of carbonyl (C=O) groups excluding carboxylic acids is 1. The first-order valence-corrected chi connectivity index (χ1v) is 6.55. The Bertz CT molecular complexity index is 600. The van der Waals surface area contributed by atoms with Gasteiger partial charge in [0.05, 0.1) is 0 Å².